The van der Waals surface area contributed by atoms with E-state index in [1.54, 1.807) is 38.2 Å². The zero-order valence-electron chi connectivity index (χ0n) is 10.1. The van der Waals surface area contributed by atoms with Crippen LogP contribution in [0.2, 0.25) is 0 Å². The molecule has 0 bridgehead atoms. The van der Waals surface area contributed by atoms with Crippen LogP contribution in [0, 0.1) is 0 Å². The Morgan fingerprint density at radius 2 is 2.06 bits per heavy atom. The molecule has 1 rings (SSSR count). The van der Waals surface area contributed by atoms with Crippen molar-refractivity contribution in [3.8, 4) is 5.75 Å². The number of aliphatic hydroxyl groups is 1. The third-order valence-corrected chi connectivity index (χ3v) is 2.73. The van der Waals surface area contributed by atoms with Crippen LogP contribution in [0.25, 0.3) is 0 Å². The summed E-state index contributed by atoms with van der Waals surface area (Å²) in [6.45, 7) is 1.82. The van der Waals surface area contributed by atoms with Crippen molar-refractivity contribution in [2.75, 3.05) is 13.7 Å². The highest BCUT2D eigenvalue weighted by Gasteiger charge is 2.29. The maximum absolute atomic E-state index is 11.2. The summed E-state index contributed by atoms with van der Waals surface area (Å²) in [5.74, 6) is 0.164. The number of primary amides is 1. The summed E-state index contributed by atoms with van der Waals surface area (Å²) in [4.78, 5) is 11.2. The lowest BCUT2D eigenvalue weighted by atomic mass is 10.0. The minimum atomic E-state index is -0.893. The Kier molecular flexibility index (Phi) is 4.48. The van der Waals surface area contributed by atoms with Gasteiger partial charge in [-0.1, -0.05) is 12.1 Å². The van der Waals surface area contributed by atoms with Gasteiger partial charge < -0.3 is 20.9 Å². The van der Waals surface area contributed by atoms with Crippen molar-refractivity contribution in [2.45, 2.75) is 19.1 Å². The number of hydrogen-bond acceptors (Lipinski definition) is 4. The smallest absolute Gasteiger partial charge is 0.240 e. The normalized spacial score (nSPS) is 14.1. The largest absolute Gasteiger partial charge is 0.491 e. The van der Waals surface area contributed by atoms with Gasteiger partial charge in [0.05, 0.1) is 6.61 Å². The predicted octanol–water partition coefficient (Wildman–Crippen LogP) is 0.0211. The maximum Gasteiger partial charge on any atom is 0.240 e. The fourth-order valence-corrected chi connectivity index (χ4v) is 1.19. The summed E-state index contributed by atoms with van der Waals surface area (Å²) in [6.07, 6.45) is 0. The Bertz CT molecular complexity index is 378. The van der Waals surface area contributed by atoms with Crippen molar-refractivity contribution < 1.29 is 14.6 Å². The van der Waals surface area contributed by atoms with Crippen molar-refractivity contribution in [1.82, 2.24) is 5.32 Å². The van der Waals surface area contributed by atoms with E-state index in [0.717, 1.165) is 5.56 Å². The molecule has 1 aromatic carbocycles. The Balaban J connectivity index is 2.63. The quantitative estimate of drug-likeness (QED) is 0.652. The Morgan fingerprint density at radius 3 is 2.47 bits per heavy atom. The topological polar surface area (TPSA) is 84.6 Å². The third kappa shape index (κ3) is 3.44. The van der Waals surface area contributed by atoms with Gasteiger partial charge in [-0.05, 0) is 31.7 Å². The van der Waals surface area contributed by atoms with Gasteiger partial charge in [-0.2, -0.15) is 0 Å². The molecule has 0 aliphatic heterocycles. The van der Waals surface area contributed by atoms with E-state index in [2.05, 4.69) is 5.32 Å². The van der Waals surface area contributed by atoms with Crippen LogP contribution in [-0.4, -0.2) is 30.2 Å². The first-order valence-electron chi connectivity index (χ1n) is 5.33. The number of ether oxygens (including phenoxy) is 1. The van der Waals surface area contributed by atoms with Gasteiger partial charge in [0.1, 0.15) is 17.9 Å². The Labute approximate surface area is 101 Å². The molecular weight excluding hydrogens is 220 g/mol. The molecule has 0 aromatic heterocycles. The fraction of sp³-hybridized carbons (Fsp3) is 0.417. The first-order chi connectivity index (χ1) is 8.01. The molecular formula is C12H18N2O3. The number of nitrogens with two attached hydrogens (primary N) is 1. The second-order valence-electron chi connectivity index (χ2n) is 4.04. The van der Waals surface area contributed by atoms with E-state index < -0.39 is 11.4 Å². The lowest BCUT2D eigenvalue weighted by Crippen LogP contribution is -2.55. The summed E-state index contributed by atoms with van der Waals surface area (Å²) in [5.41, 5.74) is 5.19. The number of hydrogen-bond donors (Lipinski definition) is 3. The highest BCUT2D eigenvalue weighted by molar-refractivity contribution is 5.84. The van der Waals surface area contributed by atoms with E-state index in [0.29, 0.717) is 5.75 Å². The number of amides is 1. The molecule has 4 N–H and O–H groups in total. The number of aliphatic hydroxyl groups excluding tert-OH is 1. The molecule has 0 radical (unpaired) electrons. The predicted molar refractivity (Wildman–Crippen MR) is 64.5 cm³/mol. The summed E-state index contributed by atoms with van der Waals surface area (Å²) < 4.78 is 5.48. The van der Waals surface area contributed by atoms with E-state index in [4.69, 9.17) is 15.6 Å². The molecule has 5 nitrogen and oxygen atoms in total. The van der Waals surface area contributed by atoms with Crippen LogP contribution in [-0.2, 0) is 11.4 Å². The molecule has 0 aliphatic carbocycles. The molecule has 0 heterocycles. The molecule has 0 aliphatic rings. The molecule has 0 fully saturated rings. The van der Waals surface area contributed by atoms with Crippen molar-refractivity contribution >= 4 is 5.91 Å². The van der Waals surface area contributed by atoms with Gasteiger partial charge in [0, 0.05) is 0 Å². The van der Waals surface area contributed by atoms with E-state index in [1.807, 2.05) is 0 Å². The number of carbonyl (C=O) groups is 1. The molecule has 0 saturated heterocycles. The van der Waals surface area contributed by atoms with Gasteiger partial charge >= 0.3 is 0 Å². The minimum absolute atomic E-state index is 0.00417. The minimum Gasteiger partial charge on any atom is -0.491 e. The van der Waals surface area contributed by atoms with Crippen LogP contribution >= 0.6 is 0 Å². The number of nitrogens with one attached hydrogen (secondary N) is 1. The van der Waals surface area contributed by atoms with E-state index in [1.165, 1.54) is 0 Å². The summed E-state index contributed by atoms with van der Waals surface area (Å²) in [6, 6.07) is 7.00. The maximum atomic E-state index is 11.2. The van der Waals surface area contributed by atoms with Crippen molar-refractivity contribution in [3.05, 3.63) is 29.8 Å². The second-order valence-corrected chi connectivity index (χ2v) is 4.04. The molecule has 0 spiro atoms. The fourth-order valence-electron chi connectivity index (χ4n) is 1.19. The zero-order valence-corrected chi connectivity index (χ0v) is 10.1. The number of benzene rings is 1. The second kappa shape index (κ2) is 5.65. The highest BCUT2D eigenvalue weighted by Crippen LogP contribution is 2.14. The number of likely N-dealkylation sites (N-methyl/N-ethyl adjacent to an activating group) is 1. The van der Waals surface area contributed by atoms with Crippen LogP contribution in [0.15, 0.2) is 24.3 Å². The monoisotopic (exact) mass is 238 g/mol. The van der Waals surface area contributed by atoms with Gasteiger partial charge in [0.15, 0.2) is 0 Å². The highest BCUT2D eigenvalue weighted by atomic mass is 16.5. The van der Waals surface area contributed by atoms with Crippen LogP contribution in [0.4, 0.5) is 0 Å². The summed E-state index contributed by atoms with van der Waals surface area (Å²) in [7, 11) is 1.66. The van der Waals surface area contributed by atoms with Gasteiger partial charge in [0.2, 0.25) is 5.91 Å². The zero-order chi connectivity index (χ0) is 12.9. The molecule has 0 saturated carbocycles. The Hall–Kier alpha value is -1.59. The lowest BCUT2D eigenvalue weighted by molar-refractivity contribution is -0.124. The number of rotatable bonds is 6. The molecule has 1 amide bonds. The van der Waals surface area contributed by atoms with Crippen LogP contribution < -0.4 is 15.8 Å². The van der Waals surface area contributed by atoms with Crippen molar-refractivity contribution in [2.24, 2.45) is 5.73 Å². The van der Waals surface area contributed by atoms with Crippen LogP contribution in [0.5, 0.6) is 5.75 Å². The summed E-state index contributed by atoms with van der Waals surface area (Å²) >= 11 is 0. The van der Waals surface area contributed by atoms with Gasteiger partial charge in [-0.25, -0.2) is 0 Å². The summed E-state index contributed by atoms with van der Waals surface area (Å²) in [5, 5.41) is 11.7. The van der Waals surface area contributed by atoms with E-state index in [9.17, 15) is 4.79 Å². The third-order valence-electron chi connectivity index (χ3n) is 2.73. The molecule has 94 valence electrons. The molecule has 1 unspecified atom stereocenters. The van der Waals surface area contributed by atoms with E-state index >= 15 is 0 Å². The first-order valence-corrected chi connectivity index (χ1v) is 5.33. The van der Waals surface area contributed by atoms with Crippen molar-refractivity contribution in [1.29, 1.82) is 0 Å². The SMILES string of the molecule is CNC(C)(COc1ccc(CO)cc1)C(N)=O. The van der Waals surface area contributed by atoms with Crippen LogP contribution in [0.3, 0.4) is 0 Å². The molecule has 5 heteroatoms. The lowest BCUT2D eigenvalue weighted by Gasteiger charge is -2.25. The van der Waals surface area contributed by atoms with Gasteiger partial charge in [0.25, 0.3) is 0 Å². The Morgan fingerprint density at radius 1 is 1.47 bits per heavy atom. The molecule has 1 atom stereocenters. The van der Waals surface area contributed by atoms with Gasteiger partial charge in [-0.3, -0.25) is 4.79 Å². The first kappa shape index (κ1) is 13.5. The number of carbonyl (C=O) groups excluding carboxylic acids is 1. The average molecular weight is 238 g/mol. The molecule has 17 heavy (non-hydrogen) atoms. The average Bonchev–Trinajstić information content (AvgIpc) is 2.36. The standard InChI is InChI=1S/C12H18N2O3/c1-12(14-2,11(13)16)8-17-10-5-3-9(7-15)4-6-10/h3-6,14-15H,7-8H2,1-2H3,(H2,13,16). The van der Waals surface area contributed by atoms with Crippen molar-refractivity contribution in [3.63, 3.8) is 0 Å². The molecule has 1 aromatic rings. The van der Waals surface area contributed by atoms with E-state index in [-0.39, 0.29) is 13.2 Å². The van der Waals surface area contributed by atoms with Crippen LogP contribution in [0.1, 0.15) is 12.5 Å². The van der Waals surface area contributed by atoms with Gasteiger partial charge in [-0.15, -0.1) is 0 Å².